The Hall–Kier alpha value is -0.670. The minimum absolute atomic E-state index is 0.0933. The third-order valence-electron chi connectivity index (χ3n) is 3.64. The first-order chi connectivity index (χ1) is 12.2. The van der Waals surface area contributed by atoms with Crippen molar-refractivity contribution in [3.63, 3.8) is 0 Å². The number of halogens is 1. The summed E-state index contributed by atoms with van der Waals surface area (Å²) in [6.07, 6.45) is 8.89. The minimum Gasteiger partial charge on any atom is -0.466 e. The molecule has 0 amide bonds. The van der Waals surface area contributed by atoms with Gasteiger partial charge in [0.2, 0.25) is 0 Å². The fraction of sp³-hybridized carbons (Fsp3) is 0.778. The maximum Gasteiger partial charge on any atom is 0.316 e. The quantitative estimate of drug-likeness (QED) is 0.144. The molecule has 0 spiro atoms. The molecule has 1 heterocycles. The smallest absolute Gasteiger partial charge is 0.316 e. The van der Waals surface area contributed by atoms with Crippen LogP contribution >= 0.6 is 22.6 Å². The normalized spacial score (nSPS) is 18.9. The molecule has 0 radical (unpaired) electrons. The van der Waals surface area contributed by atoms with E-state index in [4.69, 9.17) is 18.9 Å². The molecule has 1 fully saturated rings. The van der Waals surface area contributed by atoms with E-state index in [9.17, 15) is 9.59 Å². The van der Waals surface area contributed by atoms with Crippen molar-refractivity contribution < 1.29 is 28.5 Å². The predicted octanol–water partition coefficient (Wildman–Crippen LogP) is 3.56. The second-order valence-corrected chi connectivity index (χ2v) is 6.51. The molecule has 0 aromatic rings. The molecular formula is C18H29IO6. The highest BCUT2D eigenvalue weighted by Crippen LogP contribution is 2.15. The standard InChI is InChI=1S/C18H29IO6/c1-2-22-16(20)10-4-3-8-15(25-17(21)14-19)9-7-13-24-18-11-5-6-12-23-18/h3,8,15,18H,2,4-7,9-14H2,1H3/b8-3+. The first kappa shape index (κ1) is 22.4. The molecule has 0 aromatic heterocycles. The summed E-state index contributed by atoms with van der Waals surface area (Å²) in [4.78, 5) is 22.8. The molecule has 2 atom stereocenters. The van der Waals surface area contributed by atoms with Crippen LogP contribution in [0.1, 0.15) is 51.9 Å². The number of ether oxygens (including phenoxy) is 4. The van der Waals surface area contributed by atoms with E-state index in [1.807, 2.05) is 34.7 Å². The fourth-order valence-corrected chi connectivity index (χ4v) is 2.60. The number of esters is 2. The highest BCUT2D eigenvalue weighted by Gasteiger charge is 2.15. The van der Waals surface area contributed by atoms with Crippen LogP contribution in [0.4, 0.5) is 0 Å². The summed E-state index contributed by atoms with van der Waals surface area (Å²) in [5.41, 5.74) is 0. The van der Waals surface area contributed by atoms with Gasteiger partial charge in [0.15, 0.2) is 6.29 Å². The summed E-state index contributed by atoms with van der Waals surface area (Å²) in [7, 11) is 0. The van der Waals surface area contributed by atoms with Gasteiger partial charge in [-0.2, -0.15) is 0 Å². The number of allylic oxidation sites excluding steroid dienone is 1. The van der Waals surface area contributed by atoms with Gasteiger partial charge in [-0.05, 0) is 51.5 Å². The Morgan fingerprint density at radius 2 is 2.16 bits per heavy atom. The summed E-state index contributed by atoms with van der Waals surface area (Å²) in [6, 6.07) is 0. The van der Waals surface area contributed by atoms with Gasteiger partial charge < -0.3 is 18.9 Å². The second kappa shape index (κ2) is 14.5. The van der Waals surface area contributed by atoms with Crippen molar-refractivity contribution in [2.24, 2.45) is 0 Å². The van der Waals surface area contributed by atoms with Crippen molar-refractivity contribution in [2.75, 3.05) is 24.2 Å². The van der Waals surface area contributed by atoms with E-state index >= 15 is 0 Å². The Kier molecular flexibility index (Phi) is 13.0. The molecule has 1 saturated heterocycles. The van der Waals surface area contributed by atoms with Gasteiger partial charge in [0.05, 0.1) is 11.0 Å². The zero-order valence-electron chi connectivity index (χ0n) is 14.9. The Bertz CT molecular complexity index is 406. The Balaban J connectivity index is 2.28. The molecule has 1 aliphatic heterocycles. The highest BCUT2D eigenvalue weighted by molar-refractivity contribution is 14.1. The fourth-order valence-electron chi connectivity index (χ4n) is 2.42. The number of alkyl halides is 1. The zero-order chi connectivity index (χ0) is 18.3. The van der Waals surface area contributed by atoms with Crippen molar-refractivity contribution in [1.29, 1.82) is 0 Å². The third-order valence-corrected chi connectivity index (χ3v) is 4.26. The van der Waals surface area contributed by atoms with Crippen LogP contribution < -0.4 is 0 Å². The average molecular weight is 468 g/mol. The number of rotatable bonds is 12. The van der Waals surface area contributed by atoms with Gasteiger partial charge >= 0.3 is 11.9 Å². The molecule has 1 rings (SSSR count). The lowest BCUT2D eigenvalue weighted by Gasteiger charge is -2.23. The van der Waals surface area contributed by atoms with Gasteiger partial charge in [-0.1, -0.05) is 28.7 Å². The first-order valence-electron chi connectivity index (χ1n) is 8.96. The van der Waals surface area contributed by atoms with Gasteiger partial charge in [-0.25, -0.2) is 0 Å². The predicted molar refractivity (Wildman–Crippen MR) is 103 cm³/mol. The molecule has 0 aromatic carbocycles. The SMILES string of the molecule is CCOC(=O)CC/C=C/C(CCCOC1CCCCO1)OC(=O)CI. The average Bonchev–Trinajstić information content (AvgIpc) is 2.63. The Labute approximate surface area is 163 Å². The summed E-state index contributed by atoms with van der Waals surface area (Å²) in [5.74, 6) is -0.453. The molecule has 0 bridgehead atoms. The van der Waals surface area contributed by atoms with Gasteiger partial charge in [-0.3, -0.25) is 9.59 Å². The van der Waals surface area contributed by atoms with E-state index < -0.39 is 0 Å². The van der Waals surface area contributed by atoms with Crippen LogP contribution in [-0.2, 0) is 28.5 Å². The van der Waals surface area contributed by atoms with Crippen LogP contribution in [0.15, 0.2) is 12.2 Å². The molecule has 0 saturated carbocycles. The molecule has 1 aliphatic rings. The van der Waals surface area contributed by atoms with Crippen LogP contribution in [0.25, 0.3) is 0 Å². The van der Waals surface area contributed by atoms with E-state index in [0.717, 1.165) is 32.3 Å². The van der Waals surface area contributed by atoms with E-state index in [0.29, 0.717) is 36.9 Å². The summed E-state index contributed by atoms with van der Waals surface area (Å²) in [5, 5.41) is 0. The molecule has 6 nitrogen and oxygen atoms in total. The van der Waals surface area contributed by atoms with Gasteiger partial charge in [-0.15, -0.1) is 0 Å². The monoisotopic (exact) mass is 468 g/mol. The minimum atomic E-state index is -0.291. The molecule has 25 heavy (non-hydrogen) atoms. The number of hydrogen-bond donors (Lipinski definition) is 0. The van der Waals surface area contributed by atoms with Crippen molar-refractivity contribution in [3.8, 4) is 0 Å². The van der Waals surface area contributed by atoms with Crippen LogP contribution in [0.3, 0.4) is 0 Å². The molecule has 0 N–H and O–H groups in total. The lowest BCUT2D eigenvalue weighted by Crippen LogP contribution is -2.23. The van der Waals surface area contributed by atoms with Crippen LogP contribution in [0.5, 0.6) is 0 Å². The first-order valence-corrected chi connectivity index (χ1v) is 10.5. The van der Waals surface area contributed by atoms with Gasteiger partial charge in [0.25, 0.3) is 0 Å². The molecule has 144 valence electrons. The largest absolute Gasteiger partial charge is 0.466 e. The molecule has 0 aliphatic carbocycles. The second-order valence-electron chi connectivity index (χ2n) is 5.74. The summed E-state index contributed by atoms with van der Waals surface area (Å²) < 4.78 is 21.8. The number of hydrogen-bond acceptors (Lipinski definition) is 6. The van der Waals surface area contributed by atoms with Crippen LogP contribution in [0.2, 0.25) is 0 Å². The van der Waals surface area contributed by atoms with E-state index in [2.05, 4.69) is 0 Å². The van der Waals surface area contributed by atoms with Crippen molar-refractivity contribution in [3.05, 3.63) is 12.2 Å². The lowest BCUT2D eigenvalue weighted by atomic mass is 10.1. The number of carbonyl (C=O) groups excluding carboxylic acids is 2. The Morgan fingerprint density at radius 1 is 1.32 bits per heavy atom. The lowest BCUT2D eigenvalue weighted by molar-refractivity contribution is -0.164. The topological polar surface area (TPSA) is 71.1 Å². The highest BCUT2D eigenvalue weighted by atomic mass is 127. The molecular weight excluding hydrogens is 439 g/mol. The molecule has 2 unspecified atom stereocenters. The maximum absolute atomic E-state index is 11.5. The van der Waals surface area contributed by atoms with Crippen LogP contribution in [0, 0.1) is 0 Å². The maximum atomic E-state index is 11.5. The third kappa shape index (κ3) is 11.5. The summed E-state index contributed by atoms with van der Waals surface area (Å²) in [6.45, 7) is 3.53. The van der Waals surface area contributed by atoms with Crippen molar-refractivity contribution >= 4 is 34.5 Å². The van der Waals surface area contributed by atoms with Crippen molar-refractivity contribution in [1.82, 2.24) is 0 Å². The van der Waals surface area contributed by atoms with E-state index in [1.165, 1.54) is 0 Å². The summed E-state index contributed by atoms with van der Waals surface area (Å²) >= 11 is 1.98. The van der Waals surface area contributed by atoms with Crippen LogP contribution in [-0.4, -0.2) is 48.6 Å². The van der Waals surface area contributed by atoms with E-state index in [-0.39, 0.29) is 24.3 Å². The number of carbonyl (C=O) groups is 2. The zero-order valence-corrected chi connectivity index (χ0v) is 17.1. The van der Waals surface area contributed by atoms with Crippen molar-refractivity contribution in [2.45, 2.75) is 64.3 Å². The van der Waals surface area contributed by atoms with E-state index in [1.54, 1.807) is 6.92 Å². The van der Waals surface area contributed by atoms with Gasteiger partial charge in [0.1, 0.15) is 6.10 Å². The molecule has 7 heteroatoms. The van der Waals surface area contributed by atoms with Gasteiger partial charge in [0, 0.05) is 19.6 Å². The Morgan fingerprint density at radius 3 is 2.84 bits per heavy atom.